The predicted octanol–water partition coefficient (Wildman–Crippen LogP) is 2.40. The van der Waals surface area contributed by atoms with Crippen molar-refractivity contribution in [3.8, 4) is 0 Å². The number of carbonyl (C=O) groups excluding carboxylic acids is 1. The average Bonchev–Trinajstić information content (AvgIpc) is 2.62. The van der Waals surface area contributed by atoms with Gasteiger partial charge < -0.3 is 9.47 Å². The average molecular weight is 270 g/mol. The lowest BCUT2D eigenvalue weighted by atomic mass is 9.94. The minimum absolute atomic E-state index is 1.28. The number of ether oxygens (including phenoxy) is 2. The zero-order valence-electron chi connectivity index (χ0n) is 7.86. The molecule has 0 aromatic heterocycles. The first-order chi connectivity index (χ1) is 7.56. The maximum Gasteiger partial charge on any atom is 0.509 e. The van der Waals surface area contributed by atoms with Gasteiger partial charge in [-0.1, -0.05) is 0 Å². The molecule has 1 aliphatic heterocycles. The van der Waals surface area contributed by atoms with E-state index in [1.54, 1.807) is 0 Å². The molecule has 0 aromatic rings. The second-order valence-electron chi connectivity index (χ2n) is 3.22. The van der Waals surface area contributed by atoms with Crippen molar-refractivity contribution in [3.63, 3.8) is 0 Å². The van der Waals surface area contributed by atoms with E-state index in [4.69, 9.17) is 0 Å². The van der Waals surface area contributed by atoms with Crippen molar-refractivity contribution in [1.29, 1.82) is 0 Å². The summed E-state index contributed by atoms with van der Waals surface area (Å²) in [6.45, 7) is -4.29. The molecule has 0 spiro atoms. The normalized spacial score (nSPS) is 25.1. The summed E-state index contributed by atoms with van der Waals surface area (Å²) in [4.78, 5) is 10.3. The summed E-state index contributed by atoms with van der Waals surface area (Å²) in [5.74, 6) is -5.29. The Morgan fingerprint density at radius 2 is 1.71 bits per heavy atom. The number of halogens is 7. The van der Waals surface area contributed by atoms with Gasteiger partial charge in [-0.25, -0.2) is 13.6 Å². The summed E-state index contributed by atoms with van der Waals surface area (Å²) in [5.41, 5.74) is -5.43. The maximum absolute atomic E-state index is 13.2. The molecule has 1 heterocycles. The first-order valence-electron chi connectivity index (χ1n) is 4.09. The lowest BCUT2D eigenvalue weighted by Crippen LogP contribution is -2.62. The third-order valence-electron chi connectivity index (χ3n) is 2.16. The number of rotatable bonds is 3. The molecule has 1 saturated heterocycles. The van der Waals surface area contributed by atoms with E-state index in [0.29, 0.717) is 0 Å². The van der Waals surface area contributed by atoms with Gasteiger partial charge in [-0.05, 0) is 0 Å². The highest BCUT2D eigenvalue weighted by Gasteiger charge is 2.75. The van der Waals surface area contributed by atoms with Crippen molar-refractivity contribution in [2.75, 3.05) is 13.3 Å². The van der Waals surface area contributed by atoms with Crippen LogP contribution in [-0.2, 0) is 9.47 Å². The summed E-state index contributed by atoms with van der Waals surface area (Å²) < 4.78 is 95.1. The fraction of sp³-hybridized carbons (Fsp3) is 0.857. The van der Waals surface area contributed by atoms with E-state index in [0.717, 1.165) is 0 Å². The zero-order chi connectivity index (χ0) is 13.5. The van der Waals surface area contributed by atoms with E-state index in [9.17, 15) is 35.5 Å². The molecule has 2 unspecified atom stereocenters. The third kappa shape index (κ3) is 2.00. The van der Waals surface area contributed by atoms with Gasteiger partial charge in [0.1, 0.15) is 13.3 Å². The number of cyclic esters (lactones) is 2. The second kappa shape index (κ2) is 3.91. The molecule has 1 fully saturated rings. The monoisotopic (exact) mass is 270 g/mol. The Kier molecular flexibility index (Phi) is 3.19. The smallest absolute Gasteiger partial charge is 0.430 e. The van der Waals surface area contributed by atoms with Crippen LogP contribution >= 0.6 is 0 Å². The van der Waals surface area contributed by atoms with Crippen LogP contribution in [0.15, 0.2) is 0 Å². The number of alkyl halides is 7. The van der Waals surface area contributed by atoms with Crippen molar-refractivity contribution < 1.29 is 45.0 Å². The topological polar surface area (TPSA) is 35.5 Å². The van der Waals surface area contributed by atoms with Crippen molar-refractivity contribution in [1.82, 2.24) is 0 Å². The summed E-state index contributed by atoms with van der Waals surface area (Å²) in [6, 6.07) is 0. The molecule has 0 amide bonds. The fourth-order valence-electron chi connectivity index (χ4n) is 1.12. The molecule has 2 atom stereocenters. The molecule has 0 aliphatic carbocycles. The first-order valence-corrected chi connectivity index (χ1v) is 4.09. The van der Waals surface area contributed by atoms with Crippen LogP contribution in [0.25, 0.3) is 0 Å². The van der Waals surface area contributed by atoms with Crippen LogP contribution in [0.2, 0.25) is 0 Å². The quantitative estimate of drug-likeness (QED) is 0.583. The largest absolute Gasteiger partial charge is 0.509 e. The summed E-state index contributed by atoms with van der Waals surface area (Å²) >= 11 is 0. The third-order valence-corrected chi connectivity index (χ3v) is 2.16. The molecular weight excluding hydrogens is 265 g/mol. The molecule has 10 heteroatoms. The maximum atomic E-state index is 13.2. The highest BCUT2D eigenvalue weighted by molar-refractivity contribution is 5.62. The summed E-state index contributed by atoms with van der Waals surface area (Å²) in [7, 11) is 0. The molecular formula is C7H5F7O3. The van der Waals surface area contributed by atoms with Crippen molar-refractivity contribution in [3.05, 3.63) is 0 Å². The van der Waals surface area contributed by atoms with Crippen molar-refractivity contribution in [2.45, 2.75) is 23.9 Å². The van der Waals surface area contributed by atoms with Gasteiger partial charge in [-0.2, -0.15) is 22.0 Å². The Hall–Kier alpha value is -1.22. The second-order valence-corrected chi connectivity index (χ2v) is 3.22. The molecule has 100 valence electrons. The lowest BCUT2D eigenvalue weighted by molar-refractivity contribution is -0.322. The van der Waals surface area contributed by atoms with Crippen LogP contribution in [0.3, 0.4) is 0 Å². The van der Waals surface area contributed by atoms with Crippen LogP contribution in [0.1, 0.15) is 0 Å². The van der Waals surface area contributed by atoms with Gasteiger partial charge in [-0.15, -0.1) is 0 Å². The van der Waals surface area contributed by atoms with Crippen LogP contribution in [0, 0.1) is 0 Å². The molecule has 1 aliphatic rings. The van der Waals surface area contributed by atoms with Gasteiger partial charge >= 0.3 is 18.3 Å². The molecule has 0 bridgehead atoms. The van der Waals surface area contributed by atoms with Gasteiger partial charge in [0.25, 0.3) is 5.67 Å². The van der Waals surface area contributed by atoms with Gasteiger partial charge in [0.2, 0.25) is 6.10 Å². The van der Waals surface area contributed by atoms with Crippen LogP contribution in [-0.4, -0.2) is 43.3 Å². The molecule has 0 aromatic carbocycles. The minimum atomic E-state index is -6.15. The first kappa shape index (κ1) is 13.8. The van der Waals surface area contributed by atoms with E-state index >= 15 is 0 Å². The Balaban J connectivity index is 3.05. The van der Waals surface area contributed by atoms with E-state index in [2.05, 4.69) is 9.47 Å². The predicted molar refractivity (Wildman–Crippen MR) is 37.0 cm³/mol. The Labute approximate surface area is 89.5 Å². The van der Waals surface area contributed by atoms with Gasteiger partial charge in [-0.3, -0.25) is 0 Å². The van der Waals surface area contributed by atoms with Crippen molar-refractivity contribution in [2.24, 2.45) is 0 Å². The molecule has 0 radical (unpaired) electrons. The Morgan fingerprint density at radius 1 is 1.18 bits per heavy atom. The number of hydrogen-bond acceptors (Lipinski definition) is 3. The standard InChI is InChI=1S/C7H5F7O3/c8-2-5(9,7(12,13)14)6(10,11)3-1-16-4(15)17-3/h3H,1-2H2. The van der Waals surface area contributed by atoms with E-state index in [-0.39, 0.29) is 0 Å². The molecule has 17 heavy (non-hydrogen) atoms. The van der Waals surface area contributed by atoms with Gasteiger partial charge in [0.15, 0.2) is 0 Å². The van der Waals surface area contributed by atoms with Crippen LogP contribution in [0.4, 0.5) is 35.5 Å². The zero-order valence-corrected chi connectivity index (χ0v) is 7.86. The van der Waals surface area contributed by atoms with E-state index < -0.39 is 43.3 Å². The van der Waals surface area contributed by atoms with Crippen LogP contribution < -0.4 is 0 Å². The summed E-state index contributed by atoms with van der Waals surface area (Å²) in [5, 5.41) is 0. The SMILES string of the molecule is O=C1OCC(C(F)(F)C(F)(CF)C(F)(F)F)O1. The Morgan fingerprint density at radius 3 is 2.00 bits per heavy atom. The van der Waals surface area contributed by atoms with Crippen LogP contribution in [0.5, 0.6) is 0 Å². The number of hydrogen-bond donors (Lipinski definition) is 0. The lowest BCUT2D eigenvalue weighted by Gasteiger charge is -2.34. The fourth-order valence-corrected chi connectivity index (χ4v) is 1.12. The molecule has 0 saturated carbocycles. The molecule has 0 N–H and O–H groups in total. The van der Waals surface area contributed by atoms with E-state index in [1.165, 1.54) is 0 Å². The number of carbonyl (C=O) groups is 1. The highest BCUT2D eigenvalue weighted by Crippen LogP contribution is 2.48. The summed E-state index contributed by atoms with van der Waals surface area (Å²) in [6.07, 6.45) is -10.6. The molecule has 1 rings (SSSR count). The van der Waals surface area contributed by atoms with E-state index in [1.807, 2.05) is 0 Å². The van der Waals surface area contributed by atoms with Gasteiger partial charge in [0.05, 0.1) is 0 Å². The Bertz CT molecular complexity index is 315. The minimum Gasteiger partial charge on any atom is -0.430 e. The molecule has 3 nitrogen and oxygen atoms in total. The van der Waals surface area contributed by atoms with Crippen molar-refractivity contribution >= 4 is 6.16 Å². The highest BCUT2D eigenvalue weighted by atomic mass is 19.4. The van der Waals surface area contributed by atoms with Gasteiger partial charge in [0, 0.05) is 0 Å².